The molecule has 2 aromatic carbocycles. The van der Waals surface area contributed by atoms with E-state index in [-0.39, 0.29) is 11.9 Å². The lowest BCUT2D eigenvalue weighted by atomic mass is 9.89. The zero-order valence-electron chi connectivity index (χ0n) is 12.8. The van der Waals surface area contributed by atoms with Crippen molar-refractivity contribution in [1.82, 2.24) is 4.90 Å². The van der Waals surface area contributed by atoms with Crippen LogP contribution in [0, 0.1) is 5.82 Å². The average Bonchev–Trinajstić information content (AvgIpc) is 2.53. The number of hydrogen-bond acceptors (Lipinski definition) is 1. The first-order valence-corrected chi connectivity index (χ1v) is 7.82. The highest BCUT2D eigenvalue weighted by Crippen LogP contribution is 2.33. The summed E-state index contributed by atoms with van der Waals surface area (Å²) in [6.07, 6.45) is 1.71. The van der Waals surface area contributed by atoms with Crippen LogP contribution >= 0.6 is 0 Å². The minimum absolute atomic E-state index is 0.0649. The van der Waals surface area contributed by atoms with Gasteiger partial charge in [-0.05, 0) is 47.7 Å². The molecule has 0 spiro atoms. The fourth-order valence-corrected chi connectivity index (χ4v) is 3.30. The molecule has 0 aromatic heterocycles. The number of rotatable bonds is 3. The predicted molar refractivity (Wildman–Crippen MR) is 84.7 cm³/mol. The quantitative estimate of drug-likeness (QED) is 0.801. The van der Waals surface area contributed by atoms with Crippen LogP contribution in [0.4, 0.5) is 4.39 Å². The molecule has 0 saturated heterocycles. The molecule has 1 nitrogen and oxygen atoms in total. The lowest BCUT2D eigenvalue weighted by Crippen LogP contribution is -2.34. The molecule has 21 heavy (non-hydrogen) atoms. The maximum absolute atomic E-state index is 14.1. The molecule has 3 rings (SSSR count). The molecule has 2 aromatic rings. The van der Waals surface area contributed by atoms with Crippen molar-refractivity contribution in [3.05, 3.63) is 70.5 Å². The highest BCUT2D eigenvalue weighted by molar-refractivity contribution is 5.34. The summed E-state index contributed by atoms with van der Waals surface area (Å²) in [5.41, 5.74) is 4.70. The Labute approximate surface area is 126 Å². The Morgan fingerprint density at radius 2 is 1.86 bits per heavy atom. The van der Waals surface area contributed by atoms with Crippen LogP contribution in [0.2, 0.25) is 0 Å². The van der Waals surface area contributed by atoms with Crippen molar-refractivity contribution in [2.24, 2.45) is 0 Å². The van der Waals surface area contributed by atoms with E-state index in [2.05, 4.69) is 42.2 Å². The molecule has 0 bridgehead atoms. The Balaban J connectivity index is 1.95. The van der Waals surface area contributed by atoms with Crippen molar-refractivity contribution < 1.29 is 4.39 Å². The Kier molecular flexibility index (Phi) is 4.07. The fourth-order valence-electron chi connectivity index (χ4n) is 3.30. The maximum Gasteiger partial charge on any atom is 0.126 e. The molecular formula is C19H22FN. The second-order valence-electron chi connectivity index (χ2n) is 5.76. The maximum atomic E-state index is 14.1. The third-order valence-electron chi connectivity index (χ3n) is 4.59. The molecule has 2 heteroatoms. The van der Waals surface area contributed by atoms with Gasteiger partial charge in [-0.3, -0.25) is 4.90 Å². The van der Waals surface area contributed by atoms with Gasteiger partial charge in [0, 0.05) is 12.6 Å². The average molecular weight is 283 g/mol. The van der Waals surface area contributed by atoms with Crippen molar-refractivity contribution in [2.75, 3.05) is 6.54 Å². The summed E-state index contributed by atoms with van der Waals surface area (Å²) < 4.78 is 14.1. The number of nitrogens with zero attached hydrogens (tertiary/aromatic N) is 1. The summed E-state index contributed by atoms with van der Waals surface area (Å²) in [6.45, 7) is 6.11. The molecule has 1 unspecified atom stereocenters. The summed E-state index contributed by atoms with van der Waals surface area (Å²) in [6, 6.07) is 14.7. The molecule has 1 aliphatic heterocycles. The standard InChI is InChI=1S/C19H22FN/c1-3-14-9-10-16(11-18(14)20)19-12-15-7-5-6-8-17(15)13-21(19)4-2/h5-11,19H,3-4,12-13H2,1-2H3. The van der Waals surface area contributed by atoms with E-state index < -0.39 is 0 Å². The zero-order chi connectivity index (χ0) is 14.8. The molecule has 1 aliphatic rings. The highest BCUT2D eigenvalue weighted by atomic mass is 19.1. The van der Waals surface area contributed by atoms with Gasteiger partial charge in [0.05, 0.1) is 0 Å². The monoisotopic (exact) mass is 283 g/mol. The minimum Gasteiger partial charge on any atom is -0.292 e. The Bertz CT molecular complexity index is 635. The molecule has 0 saturated carbocycles. The van der Waals surface area contributed by atoms with E-state index in [1.165, 1.54) is 11.1 Å². The Hall–Kier alpha value is -1.67. The van der Waals surface area contributed by atoms with Crippen LogP contribution in [0.3, 0.4) is 0 Å². The predicted octanol–water partition coefficient (Wildman–Crippen LogP) is 4.51. The fraction of sp³-hybridized carbons (Fsp3) is 0.368. The lowest BCUT2D eigenvalue weighted by Gasteiger charge is -2.36. The minimum atomic E-state index is -0.0649. The summed E-state index contributed by atoms with van der Waals surface area (Å²) in [5.74, 6) is -0.0649. The van der Waals surface area contributed by atoms with Gasteiger partial charge in [-0.15, -0.1) is 0 Å². The molecule has 0 radical (unpaired) electrons. The van der Waals surface area contributed by atoms with Crippen LogP contribution in [0.1, 0.15) is 42.1 Å². The smallest absolute Gasteiger partial charge is 0.126 e. The number of hydrogen-bond donors (Lipinski definition) is 0. The first-order chi connectivity index (χ1) is 10.2. The van der Waals surface area contributed by atoms with Crippen molar-refractivity contribution in [1.29, 1.82) is 0 Å². The number of likely N-dealkylation sites (N-methyl/N-ethyl adjacent to an activating group) is 1. The molecule has 0 amide bonds. The van der Waals surface area contributed by atoms with Gasteiger partial charge in [0.2, 0.25) is 0 Å². The van der Waals surface area contributed by atoms with E-state index in [4.69, 9.17) is 0 Å². The van der Waals surface area contributed by atoms with E-state index in [1.54, 1.807) is 6.07 Å². The Morgan fingerprint density at radius 3 is 2.52 bits per heavy atom. The van der Waals surface area contributed by atoms with Crippen LogP contribution < -0.4 is 0 Å². The van der Waals surface area contributed by atoms with E-state index in [1.807, 2.05) is 13.0 Å². The molecule has 0 N–H and O–H groups in total. The SMILES string of the molecule is CCc1ccc(C2Cc3ccccc3CN2CC)cc1F. The van der Waals surface area contributed by atoms with Gasteiger partial charge in [-0.25, -0.2) is 4.39 Å². The van der Waals surface area contributed by atoms with Gasteiger partial charge in [0.25, 0.3) is 0 Å². The van der Waals surface area contributed by atoms with Crippen molar-refractivity contribution in [3.8, 4) is 0 Å². The number of fused-ring (bicyclic) bond motifs is 1. The summed E-state index contributed by atoms with van der Waals surface area (Å²) >= 11 is 0. The Morgan fingerprint density at radius 1 is 1.10 bits per heavy atom. The van der Waals surface area contributed by atoms with E-state index in [0.717, 1.165) is 37.1 Å². The van der Waals surface area contributed by atoms with Gasteiger partial charge in [-0.1, -0.05) is 50.2 Å². The summed E-state index contributed by atoms with van der Waals surface area (Å²) in [4.78, 5) is 2.43. The third-order valence-corrected chi connectivity index (χ3v) is 4.59. The van der Waals surface area contributed by atoms with Gasteiger partial charge < -0.3 is 0 Å². The van der Waals surface area contributed by atoms with E-state index in [9.17, 15) is 4.39 Å². The van der Waals surface area contributed by atoms with Crippen molar-refractivity contribution in [2.45, 2.75) is 39.3 Å². The first kappa shape index (κ1) is 14.3. The topological polar surface area (TPSA) is 3.24 Å². The van der Waals surface area contributed by atoms with Crippen molar-refractivity contribution in [3.63, 3.8) is 0 Å². The molecule has 1 atom stereocenters. The highest BCUT2D eigenvalue weighted by Gasteiger charge is 2.26. The van der Waals surface area contributed by atoms with Crippen LogP contribution in [0.5, 0.6) is 0 Å². The normalized spacial score (nSPS) is 18.5. The van der Waals surface area contributed by atoms with Crippen molar-refractivity contribution >= 4 is 0 Å². The van der Waals surface area contributed by atoms with E-state index in [0.29, 0.717) is 0 Å². The summed E-state index contributed by atoms with van der Waals surface area (Å²) in [7, 11) is 0. The molecule has 1 heterocycles. The molecule has 110 valence electrons. The lowest BCUT2D eigenvalue weighted by molar-refractivity contribution is 0.182. The van der Waals surface area contributed by atoms with Gasteiger partial charge in [-0.2, -0.15) is 0 Å². The van der Waals surface area contributed by atoms with Crippen LogP contribution in [-0.4, -0.2) is 11.4 Å². The number of benzene rings is 2. The van der Waals surface area contributed by atoms with Gasteiger partial charge in [0.15, 0.2) is 0 Å². The van der Waals surface area contributed by atoms with Gasteiger partial charge >= 0.3 is 0 Å². The molecule has 0 aliphatic carbocycles. The summed E-state index contributed by atoms with van der Waals surface area (Å²) in [5, 5.41) is 0. The number of halogens is 1. The first-order valence-electron chi connectivity index (χ1n) is 7.82. The van der Waals surface area contributed by atoms with E-state index >= 15 is 0 Å². The third kappa shape index (κ3) is 2.73. The van der Waals surface area contributed by atoms with Crippen LogP contribution in [0.25, 0.3) is 0 Å². The molecule has 0 fully saturated rings. The van der Waals surface area contributed by atoms with Crippen LogP contribution in [0.15, 0.2) is 42.5 Å². The second-order valence-corrected chi connectivity index (χ2v) is 5.76. The second kappa shape index (κ2) is 5.98. The van der Waals surface area contributed by atoms with Gasteiger partial charge in [0.1, 0.15) is 5.82 Å². The number of aryl methyl sites for hydroxylation is 1. The largest absolute Gasteiger partial charge is 0.292 e. The molecular weight excluding hydrogens is 261 g/mol. The zero-order valence-corrected chi connectivity index (χ0v) is 12.8. The van der Waals surface area contributed by atoms with Crippen LogP contribution in [-0.2, 0) is 19.4 Å².